The van der Waals surface area contributed by atoms with Crippen molar-refractivity contribution in [3.8, 4) is 5.75 Å². The van der Waals surface area contributed by atoms with Gasteiger partial charge >= 0.3 is 5.97 Å². The van der Waals surface area contributed by atoms with E-state index in [2.05, 4.69) is 5.32 Å². The fourth-order valence-electron chi connectivity index (χ4n) is 1.88. The normalized spacial score (nSPS) is 11.8. The number of aliphatic carboxylic acids is 1. The molecular formula is C15H21NO5. The molecule has 0 aliphatic heterocycles. The molecule has 0 heterocycles. The second-order valence-electron chi connectivity index (χ2n) is 4.73. The zero-order valence-corrected chi connectivity index (χ0v) is 12.5. The first-order valence-corrected chi connectivity index (χ1v) is 6.65. The molecule has 0 aliphatic carbocycles. The smallest absolute Gasteiger partial charge is 0.328 e. The Morgan fingerprint density at radius 3 is 2.43 bits per heavy atom. The van der Waals surface area contributed by atoms with E-state index >= 15 is 0 Å². The second-order valence-corrected chi connectivity index (χ2v) is 4.73. The van der Waals surface area contributed by atoms with Crippen LogP contribution in [0, 0.1) is 13.8 Å². The van der Waals surface area contributed by atoms with Crippen LogP contribution in [0.15, 0.2) is 18.2 Å². The van der Waals surface area contributed by atoms with Crippen LogP contribution in [-0.2, 0) is 14.3 Å². The summed E-state index contributed by atoms with van der Waals surface area (Å²) in [7, 11) is 1.38. The average molecular weight is 295 g/mol. The molecule has 0 fully saturated rings. The quantitative estimate of drug-likeness (QED) is 0.755. The summed E-state index contributed by atoms with van der Waals surface area (Å²) in [6.07, 6.45) is 0.0846. The number of carbonyl (C=O) groups excluding carboxylic acids is 1. The fourth-order valence-corrected chi connectivity index (χ4v) is 1.88. The number of hydrogen-bond acceptors (Lipinski definition) is 4. The maximum atomic E-state index is 11.7. The van der Waals surface area contributed by atoms with E-state index < -0.39 is 12.0 Å². The molecule has 1 rings (SSSR count). The number of rotatable bonds is 8. The molecular weight excluding hydrogens is 274 g/mol. The predicted molar refractivity (Wildman–Crippen MR) is 77.5 cm³/mol. The van der Waals surface area contributed by atoms with E-state index in [1.165, 1.54) is 7.11 Å². The highest BCUT2D eigenvalue weighted by Gasteiger charge is 2.19. The van der Waals surface area contributed by atoms with E-state index in [1.54, 1.807) is 0 Å². The van der Waals surface area contributed by atoms with Gasteiger partial charge in [0.15, 0.2) is 6.04 Å². The zero-order chi connectivity index (χ0) is 15.8. The van der Waals surface area contributed by atoms with Gasteiger partial charge in [0.1, 0.15) is 5.75 Å². The summed E-state index contributed by atoms with van der Waals surface area (Å²) in [6, 6.07) is 4.76. The van der Waals surface area contributed by atoms with Crippen molar-refractivity contribution in [1.82, 2.24) is 5.32 Å². The second kappa shape index (κ2) is 8.26. The number of nitrogens with one attached hydrogen (secondary N) is 1. The molecule has 0 saturated carbocycles. The summed E-state index contributed by atoms with van der Waals surface area (Å²) >= 11 is 0. The van der Waals surface area contributed by atoms with Gasteiger partial charge < -0.3 is 19.9 Å². The first kappa shape index (κ1) is 17.0. The van der Waals surface area contributed by atoms with E-state index in [0.717, 1.165) is 16.9 Å². The summed E-state index contributed by atoms with van der Waals surface area (Å²) in [5, 5.41) is 11.3. The maximum absolute atomic E-state index is 11.7. The lowest BCUT2D eigenvalue weighted by Gasteiger charge is -2.14. The van der Waals surface area contributed by atoms with Crippen LogP contribution in [0.4, 0.5) is 0 Å². The third-order valence-electron chi connectivity index (χ3n) is 2.95. The Morgan fingerprint density at radius 2 is 1.90 bits per heavy atom. The molecule has 1 amide bonds. The molecule has 21 heavy (non-hydrogen) atoms. The van der Waals surface area contributed by atoms with Crippen LogP contribution in [0.1, 0.15) is 17.5 Å². The molecule has 0 bridgehead atoms. The number of carboxylic acids is 1. The van der Waals surface area contributed by atoms with Gasteiger partial charge in [0.25, 0.3) is 0 Å². The molecule has 0 aliphatic rings. The molecule has 6 heteroatoms. The Hall–Kier alpha value is -2.08. The van der Waals surface area contributed by atoms with Crippen LogP contribution in [0.5, 0.6) is 5.75 Å². The van der Waals surface area contributed by atoms with Gasteiger partial charge in [-0.25, -0.2) is 4.79 Å². The molecule has 0 saturated heterocycles. The van der Waals surface area contributed by atoms with E-state index in [1.807, 2.05) is 32.0 Å². The number of aryl methyl sites for hydroxylation is 2. The van der Waals surface area contributed by atoms with Crippen molar-refractivity contribution in [2.24, 2.45) is 0 Å². The predicted octanol–water partition coefficient (Wildman–Crippen LogP) is 1.29. The highest BCUT2D eigenvalue weighted by atomic mass is 16.5. The molecule has 1 aromatic carbocycles. The van der Waals surface area contributed by atoms with Crippen molar-refractivity contribution < 1.29 is 24.2 Å². The topological polar surface area (TPSA) is 84.9 Å². The number of para-hydroxylation sites is 1. The molecule has 1 aromatic rings. The summed E-state index contributed by atoms with van der Waals surface area (Å²) in [4.78, 5) is 22.6. The minimum atomic E-state index is -1.12. The average Bonchev–Trinajstić information content (AvgIpc) is 2.41. The van der Waals surface area contributed by atoms with Crippen LogP contribution < -0.4 is 10.1 Å². The van der Waals surface area contributed by atoms with Gasteiger partial charge in [-0.1, -0.05) is 18.2 Å². The highest BCUT2D eigenvalue weighted by Crippen LogP contribution is 2.22. The molecule has 6 nitrogen and oxygen atoms in total. The molecule has 1 atom stereocenters. The van der Waals surface area contributed by atoms with Crippen molar-refractivity contribution in [2.75, 3.05) is 20.3 Å². The Balaban J connectivity index is 2.45. The van der Waals surface area contributed by atoms with Gasteiger partial charge in [0, 0.05) is 7.11 Å². The van der Waals surface area contributed by atoms with Crippen LogP contribution in [-0.4, -0.2) is 43.3 Å². The van der Waals surface area contributed by atoms with Gasteiger partial charge in [-0.05, 0) is 25.0 Å². The minimum Gasteiger partial charge on any atom is -0.493 e. The van der Waals surface area contributed by atoms with E-state index in [-0.39, 0.29) is 25.5 Å². The lowest BCUT2D eigenvalue weighted by molar-refractivity contribution is -0.143. The van der Waals surface area contributed by atoms with Gasteiger partial charge in [0.2, 0.25) is 5.91 Å². The van der Waals surface area contributed by atoms with Crippen molar-refractivity contribution in [3.05, 3.63) is 29.3 Å². The number of ether oxygens (including phenoxy) is 2. The zero-order valence-electron chi connectivity index (χ0n) is 12.5. The number of amides is 1. The summed E-state index contributed by atoms with van der Waals surface area (Å²) in [5.41, 5.74) is 2.00. The number of carbonyl (C=O) groups is 2. The molecule has 116 valence electrons. The van der Waals surface area contributed by atoms with E-state index in [9.17, 15) is 9.59 Å². The lowest BCUT2D eigenvalue weighted by atomic mass is 10.1. The molecule has 2 N–H and O–H groups in total. The highest BCUT2D eigenvalue weighted by molar-refractivity contribution is 5.83. The van der Waals surface area contributed by atoms with E-state index in [4.69, 9.17) is 14.6 Å². The minimum absolute atomic E-state index is 0.0706. The maximum Gasteiger partial charge on any atom is 0.328 e. The summed E-state index contributed by atoms with van der Waals surface area (Å²) < 4.78 is 10.3. The fraction of sp³-hybridized carbons (Fsp3) is 0.467. The van der Waals surface area contributed by atoms with Crippen LogP contribution in [0.3, 0.4) is 0 Å². The number of methoxy groups -OCH3 is 1. The van der Waals surface area contributed by atoms with Gasteiger partial charge in [-0.3, -0.25) is 4.79 Å². The van der Waals surface area contributed by atoms with Gasteiger partial charge in [0.05, 0.1) is 19.6 Å². The number of carboxylic acid groups (broad SMARTS) is 1. The van der Waals surface area contributed by atoms with E-state index in [0.29, 0.717) is 0 Å². The number of benzene rings is 1. The van der Waals surface area contributed by atoms with Gasteiger partial charge in [-0.15, -0.1) is 0 Å². The molecule has 0 radical (unpaired) electrons. The third-order valence-corrected chi connectivity index (χ3v) is 2.95. The first-order chi connectivity index (χ1) is 9.95. The molecule has 1 unspecified atom stereocenters. The third kappa shape index (κ3) is 5.43. The molecule has 0 aromatic heterocycles. The monoisotopic (exact) mass is 295 g/mol. The lowest BCUT2D eigenvalue weighted by Crippen LogP contribution is -2.44. The Bertz CT molecular complexity index is 481. The van der Waals surface area contributed by atoms with Crippen LogP contribution in [0.25, 0.3) is 0 Å². The standard InChI is InChI=1S/C15H21NO5/c1-10-5-4-6-11(2)14(10)21-8-7-13(17)16-12(9-20-3)15(18)19/h4-6,12H,7-9H2,1-3H3,(H,16,17)(H,18,19). The summed E-state index contributed by atoms with van der Waals surface area (Å²) in [5.74, 6) is -0.747. The summed E-state index contributed by atoms with van der Waals surface area (Å²) in [6.45, 7) is 3.98. The Morgan fingerprint density at radius 1 is 1.29 bits per heavy atom. The van der Waals surface area contributed by atoms with Crippen molar-refractivity contribution in [3.63, 3.8) is 0 Å². The first-order valence-electron chi connectivity index (χ1n) is 6.65. The Labute approximate surface area is 124 Å². The largest absolute Gasteiger partial charge is 0.493 e. The molecule has 0 spiro atoms. The van der Waals surface area contributed by atoms with Crippen LogP contribution in [0.2, 0.25) is 0 Å². The van der Waals surface area contributed by atoms with Crippen molar-refractivity contribution in [1.29, 1.82) is 0 Å². The van der Waals surface area contributed by atoms with Crippen molar-refractivity contribution in [2.45, 2.75) is 26.3 Å². The SMILES string of the molecule is COCC(NC(=O)CCOc1c(C)cccc1C)C(=O)O. The van der Waals surface area contributed by atoms with Crippen LogP contribution >= 0.6 is 0 Å². The Kier molecular flexibility index (Phi) is 6.68. The van der Waals surface area contributed by atoms with Crippen molar-refractivity contribution >= 4 is 11.9 Å². The van der Waals surface area contributed by atoms with Gasteiger partial charge in [-0.2, -0.15) is 0 Å². The number of hydrogen-bond donors (Lipinski definition) is 2.